The Hall–Kier alpha value is -1.61. The lowest BCUT2D eigenvalue weighted by molar-refractivity contribution is 0.757. The van der Waals surface area contributed by atoms with Crippen molar-refractivity contribution in [2.75, 3.05) is 0 Å². The fourth-order valence-corrected chi connectivity index (χ4v) is 1.99. The number of imidazole rings is 1. The van der Waals surface area contributed by atoms with Crippen molar-refractivity contribution in [1.82, 2.24) is 9.55 Å². The minimum Gasteiger partial charge on any atom is -0.330 e. The highest BCUT2D eigenvalue weighted by atomic mass is 15.1. The summed E-state index contributed by atoms with van der Waals surface area (Å²) >= 11 is 0. The fourth-order valence-electron chi connectivity index (χ4n) is 1.99. The van der Waals surface area contributed by atoms with Gasteiger partial charge >= 0.3 is 0 Å². The maximum atomic E-state index is 5.60. The topological polar surface area (TPSA) is 43.8 Å². The Kier molecular flexibility index (Phi) is 3.29. The predicted molar refractivity (Wildman–Crippen MR) is 69.9 cm³/mol. The smallest absolute Gasteiger partial charge is 0.106 e. The van der Waals surface area contributed by atoms with Crippen LogP contribution in [0.2, 0.25) is 0 Å². The Labute approximate surface area is 102 Å². The highest BCUT2D eigenvalue weighted by Gasteiger charge is 2.05. The normalized spacial score (nSPS) is 10.8. The predicted octanol–water partition coefficient (Wildman–Crippen LogP) is 2.32. The summed E-state index contributed by atoms with van der Waals surface area (Å²) in [6.07, 6.45) is 2.04. The van der Waals surface area contributed by atoms with Crippen LogP contribution in [0, 0.1) is 20.8 Å². The molecule has 0 saturated carbocycles. The minimum absolute atomic E-state index is 0.501. The van der Waals surface area contributed by atoms with Crippen LogP contribution in [0.3, 0.4) is 0 Å². The third kappa shape index (κ3) is 2.56. The maximum absolute atomic E-state index is 5.60. The van der Waals surface area contributed by atoms with E-state index in [9.17, 15) is 0 Å². The van der Waals surface area contributed by atoms with Crippen LogP contribution in [0.15, 0.2) is 24.4 Å². The van der Waals surface area contributed by atoms with E-state index in [0.717, 1.165) is 18.1 Å². The van der Waals surface area contributed by atoms with Gasteiger partial charge in [0.1, 0.15) is 5.82 Å². The third-order valence-corrected chi connectivity index (χ3v) is 3.08. The molecule has 0 bridgehead atoms. The number of nitrogens with zero attached hydrogens (tertiary/aromatic N) is 2. The van der Waals surface area contributed by atoms with Crippen LogP contribution >= 0.6 is 0 Å². The van der Waals surface area contributed by atoms with E-state index in [-0.39, 0.29) is 0 Å². The van der Waals surface area contributed by atoms with Gasteiger partial charge in [0.15, 0.2) is 0 Å². The molecule has 0 saturated heterocycles. The molecule has 0 aliphatic rings. The Morgan fingerprint density at radius 1 is 1.24 bits per heavy atom. The zero-order valence-electron chi connectivity index (χ0n) is 10.7. The van der Waals surface area contributed by atoms with Gasteiger partial charge in [-0.1, -0.05) is 23.8 Å². The number of benzene rings is 1. The van der Waals surface area contributed by atoms with E-state index in [4.69, 9.17) is 5.73 Å². The highest BCUT2D eigenvalue weighted by Crippen LogP contribution is 2.14. The zero-order chi connectivity index (χ0) is 12.4. The molecule has 3 heteroatoms. The van der Waals surface area contributed by atoms with Gasteiger partial charge in [-0.3, -0.25) is 0 Å². The highest BCUT2D eigenvalue weighted by molar-refractivity contribution is 5.31. The van der Waals surface area contributed by atoms with E-state index in [2.05, 4.69) is 41.6 Å². The van der Waals surface area contributed by atoms with E-state index in [1.165, 1.54) is 16.7 Å². The summed E-state index contributed by atoms with van der Waals surface area (Å²) in [5, 5.41) is 0. The number of rotatable bonds is 3. The van der Waals surface area contributed by atoms with Crippen molar-refractivity contribution >= 4 is 0 Å². The second-order valence-corrected chi connectivity index (χ2v) is 4.54. The number of hydrogen-bond donors (Lipinski definition) is 1. The second-order valence-electron chi connectivity index (χ2n) is 4.54. The molecule has 0 unspecified atom stereocenters. The number of aromatic nitrogens is 2. The van der Waals surface area contributed by atoms with E-state index in [1.54, 1.807) is 0 Å². The second kappa shape index (κ2) is 4.72. The lowest BCUT2D eigenvalue weighted by Gasteiger charge is -2.09. The molecule has 0 radical (unpaired) electrons. The van der Waals surface area contributed by atoms with Crippen molar-refractivity contribution in [2.45, 2.75) is 33.9 Å². The summed E-state index contributed by atoms with van der Waals surface area (Å²) in [5.41, 5.74) is 10.5. The molecule has 0 atom stereocenters. The van der Waals surface area contributed by atoms with Crippen LogP contribution in [0.4, 0.5) is 0 Å². The maximum Gasteiger partial charge on any atom is 0.106 e. The molecule has 17 heavy (non-hydrogen) atoms. The Bertz CT molecular complexity index is 526. The van der Waals surface area contributed by atoms with Gasteiger partial charge in [-0.25, -0.2) is 4.98 Å². The van der Waals surface area contributed by atoms with Crippen LogP contribution in [0.1, 0.15) is 28.2 Å². The first-order valence-corrected chi connectivity index (χ1v) is 5.89. The molecule has 2 N–H and O–H groups in total. The Morgan fingerprint density at radius 2 is 2.00 bits per heavy atom. The molecule has 3 nitrogen and oxygen atoms in total. The van der Waals surface area contributed by atoms with Crippen molar-refractivity contribution in [1.29, 1.82) is 0 Å². The molecule has 0 fully saturated rings. The van der Waals surface area contributed by atoms with Gasteiger partial charge in [0.05, 0.1) is 5.69 Å². The van der Waals surface area contributed by atoms with Gasteiger partial charge in [0.2, 0.25) is 0 Å². The Morgan fingerprint density at radius 3 is 2.65 bits per heavy atom. The van der Waals surface area contributed by atoms with Gasteiger partial charge in [-0.05, 0) is 31.9 Å². The first-order valence-electron chi connectivity index (χ1n) is 5.89. The molecule has 0 aliphatic carbocycles. The van der Waals surface area contributed by atoms with E-state index < -0.39 is 0 Å². The van der Waals surface area contributed by atoms with Crippen molar-refractivity contribution < 1.29 is 0 Å². The molecule has 90 valence electrons. The van der Waals surface area contributed by atoms with E-state index in [1.807, 2.05) is 13.1 Å². The first-order chi connectivity index (χ1) is 8.10. The largest absolute Gasteiger partial charge is 0.330 e. The lowest BCUT2D eigenvalue weighted by Crippen LogP contribution is -2.02. The van der Waals surface area contributed by atoms with Crippen LogP contribution in [-0.2, 0) is 13.1 Å². The molecule has 2 rings (SSSR count). The molecule has 1 aromatic heterocycles. The average molecular weight is 229 g/mol. The van der Waals surface area contributed by atoms with Gasteiger partial charge in [-0.15, -0.1) is 0 Å². The van der Waals surface area contributed by atoms with E-state index in [0.29, 0.717) is 6.54 Å². The van der Waals surface area contributed by atoms with Crippen LogP contribution < -0.4 is 5.73 Å². The summed E-state index contributed by atoms with van der Waals surface area (Å²) < 4.78 is 2.16. The summed E-state index contributed by atoms with van der Waals surface area (Å²) in [5.74, 6) is 1.02. The van der Waals surface area contributed by atoms with Crippen LogP contribution in [0.25, 0.3) is 0 Å². The number of hydrogen-bond acceptors (Lipinski definition) is 2. The number of aryl methyl sites for hydroxylation is 3. The summed E-state index contributed by atoms with van der Waals surface area (Å²) in [4.78, 5) is 4.42. The molecule has 1 heterocycles. The van der Waals surface area contributed by atoms with Crippen molar-refractivity contribution in [2.24, 2.45) is 5.73 Å². The van der Waals surface area contributed by atoms with Crippen molar-refractivity contribution in [3.8, 4) is 0 Å². The zero-order valence-corrected chi connectivity index (χ0v) is 10.7. The third-order valence-electron chi connectivity index (χ3n) is 3.08. The number of nitrogens with two attached hydrogens (primary N) is 1. The lowest BCUT2D eigenvalue weighted by atomic mass is 10.1. The monoisotopic (exact) mass is 229 g/mol. The molecular weight excluding hydrogens is 210 g/mol. The van der Waals surface area contributed by atoms with Crippen molar-refractivity contribution in [3.05, 3.63) is 52.6 Å². The molecule has 2 aromatic rings. The average Bonchev–Trinajstić information content (AvgIpc) is 2.65. The molecule has 0 amide bonds. The first kappa shape index (κ1) is 11.9. The van der Waals surface area contributed by atoms with Gasteiger partial charge in [0, 0.05) is 19.3 Å². The van der Waals surface area contributed by atoms with E-state index >= 15 is 0 Å². The van der Waals surface area contributed by atoms with Gasteiger partial charge in [-0.2, -0.15) is 0 Å². The Balaban J connectivity index is 2.30. The van der Waals surface area contributed by atoms with Crippen LogP contribution in [0.5, 0.6) is 0 Å². The fraction of sp³-hybridized carbons (Fsp3) is 0.357. The SMILES string of the molecule is Cc1ccc(C)c(Cn2cc(CN)nc2C)c1. The molecule has 0 aliphatic heterocycles. The molecule has 0 spiro atoms. The minimum atomic E-state index is 0.501. The molecule has 1 aromatic carbocycles. The quantitative estimate of drug-likeness (QED) is 0.877. The summed E-state index contributed by atoms with van der Waals surface area (Å²) in [7, 11) is 0. The standard InChI is InChI=1S/C14H19N3/c1-10-4-5-11(2)13(6-10)8-17-9-14(7-15)16-12(17)3/h4-6,9H,7-8,15H2,1-3H3. The van der Waals surface area contributed by atoms with Crippen LogP contribution in [-0.4, -0.2) is 9.55 Å². The summed E-state index contributed by atoms with van der Waals surface area (Å²) in [6, 6.07) is 6.54. The van der Waals surface area contributed by atoms with Gasteiger partial charge in [0.25, 0.3) is 0 Å². The van der Waals surface area contributed by atoms with Crippen molar-refractivity contribution in [3.63, 3.8) is 0 Å². The molecular formula is C14H19N3. The van der Waals surface area contributed by atoms with Gasteiger partial charge < -0.3 is 10.3 Å². The summed E-state index contributed by atoms with van der Waals surface area (Å²) in [6.45, 7) is 7.65.